The van der Waals surface area contributed by atoms with Crippen LogP contribution in [-0.2, 0) is 4.74 Å². The lowest BCUT2D eigenvalue weighted by atomic mass is 10.2. The molecule has 0 rings (SSSR count). The van der Waals surface area contributed by atoms with Gasteiger partial charge in [-0.15, -0.1) is 0 Å². The van der Waals surface area contributed by atoms with Crippen molar-refractivity contribution in [1.29, 1.82) is 0 Å². The summed E-state index contributed by atoms with van der Waals surface area (Å²) in [5.74, 6) is 0. The minimum atomic E-state index is 0.860. The molecule has 0 bridgehead atoms. The van der Waals surface area contributed by atoms with Crippen LogP contribution in [0.25, 0.3) is 0 Å². The molecule has 0 amide bonds. The van der Waals surface area contributed by atoms with E-state index in [2.05, 4.69) is 26.8 Å². The Morgan fingerprint density at radius 1 is 1.45 bits per heavy atom. The Hall–Kier alpha value is -0.300. The summed E-state index contributed by atoms with van der Waals surface area (Å²) in [4.78, 5) is 0. The first-order valence-electron chi connectivity index (χ1n) is 4.36. The van der Waals surface area contributed by atoms with Crippen LogP contribution in [0, 0.1) is 6.61 Å². The maximum Gasteiger partial charge on any atom is 0.0833 e. The molecule has 65 valence electrons. The molecular formula is C10H19O. The predicted octanol–water partition coefficient (Wildman–Crippen LogP) is 3.32. The minimum absolute atomic E-state index is 0.860. The first-order valence-corrected chi connectivity index (χ1v) is 4.36. The number of ether oxygens (including phenoxy) is 1. The maximum atomic E-state index is 5.23. The Kier molecular flexibility index (Phi) is 7.59. The normalized spacial score (nSPS) is 12.1. The zero-order chi connectivity index (χ0) is 8.53. The van der Waals surface area contributed by atoms with Crippen LogP contribution in [0.1, 0.15) is 40.0 Å². The molecule has 1 heteroatoms. The molecule has 0 saturated carbocycles. The zero-order valence-corrected chi connectivity index (χ0v) is 7.89. The van der Waals surface area contributed by atoms with Crippen molar-refractivity contribution in [2.75, 3.05) is 6.61 Å². The van der Waals surface area contributed by atoms with Gasteiger partial charge in [0.05, 0.1) is 6.61 Å². The number of allylic oxidation sites excluding steroid dienone is 2. The van der Waals surface area contributed by atoms with Crippen molar-refractivity contribution in [1.82, 2.24) is 0 Å². The lowest BCUT2D eigenvalue weighted by Crippen LogP contribution is -1.91. The van der Waals surface area contributed by atoms with Crippen LogP contribution in [0.3, 0.4) is 0 Å². The fraction of sp³-hybridized carbons (Fsp3) is 0.700. The van der Waals surface area contributed by atoms with E-state index in [4.69, 9.17) is 4.74 Å². The molecule has 1 radical (unpaired) electrons. The molecule has 0 spiro atoms. The fourth-order valence-corrected chi connectivity index (χ4v) is 0.780. The van der Waals surface area contributed by atoms with E-state index in [1.165, 1.54) is 5.57 Å². The summed E-state index contributed by atoms with van der Waals surface area (Å²) < 4.78 is 5.23. The van der Waals surface area contributed by atoms with Crippen molar-refractivity contribution < 1.29 is 4.74 Å². The Balaban J connectivity index is 3.02. The molecule has 0 fully saturated rings. The van der Waals surface area contributed by atoms with E-state index in [0.717, 1.165) is 25.9 Å². The average molecular weight is 155 g/mol. The van der Waals surface area contributed by atoms with E-state index < -0.39 is 0 Å². The number of hydrogen-bond acceptors (Lipinski definition) is 1. The molecular weight excluding hydrogens is 136 g/mol. The van der Waals surface area contributed by atoms with Crippen molar-refractivity contribution in [3.8, 4) is 0 Å². The summed E-state index contributed by atoms with van der Waals surface area (Å²) in [6.07, 6.45) is 5.45. The molecule has 0 aliphatic heterocycles. The summed E-state index contributed by atoms with van der Waals surface area (Å²) >= 11 is 0. The molecule has 0 aromatic heterocycles. The van der Waals surface area contributed by atoms with Crippen LogP contribution in [-0.4, -0.2) is 6.61 Å². The van der Waals surface area contributed by atoms with Gasteiger partial charge in [-0.1, -0.05) is 18.6 Å². The molecule has 0 heterocycles. The van der Waals surface area contributed by atoms with Crippen molar-refractivity contribution in [2.24, 2.45) is 0 Å². The molecule has 0 aromatic rings. The monoisotopic (exact) mass is 155 g/mol. The Labute approximate surface area is 70.4 Å². The highest BCUT2D eigenvalue weighted by molar-refractivity contribution is 4.94. The summed E-state index contributed by atoms with van der Waals surface area (Å²) in [6, 6.07) is 0. The highest BCUT2D eigenvalue weighted by atomic mass is 16.5. The largest absolute Gasteiger partial charge is 0.376 e. The van der Waals surface area contributed by atoms with E-state index >= 15 is 0 Å². The average Bonchev–Trinajstić information content (AvgIpc) is 2.04. The predicted molar refractivity (Wildman–Crippen MR) is 49.2 cm³/mol. The van der Waals surface area contributed by atoms with Gasteiger partial charge < -0.3 is 4.74 Å². The van der Waals surface area contributed by atoms with Crippen molar-refractivity contribution >= 4 is 0 Å². The van der Waals surface area contributed by atoms with E-state index in [1.54, 1.807) is 0 Å². The van der Waals surface area contributed by atoms with Crippen LogP contribution < -0.4 is 0 Å². The Morgan fingerprint density at radius 2 is 2.18 bits per heavy atom. The summed E-state index contributed by atoms with van der Waals surface area (Å²) in [6.45, 7) is 9.04. The van der Waals surface area contributed by atoms with Crippen LogP contribution in [0.15, 0.2) is 11.6 Å². The van der Waals surface area contributed by atoms with Gasteiger partial charge in [-0.2, -0.15) is 0 Å². The van der Waals surface area contributed by atoms with Crippen LogP contribution in [0.5, 0.6) is 0 Å². The summed E-state index contributed by atoms with van der Waals surface area (Å²) in [5.41, 5.74) is 1.45. The maximum absolute atomic E-state index is 5.23. The third-order valence-electron chi connectivity index (χ3n) is 1.61. The lowest BCUT2D eigenvalue weighted by Gasteiger charge is -2.01. The molecule has 0 saturated heterocycles. The van der Waals surface area contributed by atoms with Gasteiger partial charge in [0.1, 0.15) is 0 Å². The molecule has 0 aromatic carbocycles. The van der Waals surface area contributed by atoms with Gasteiger partial charge in [-0.05, 0) is 33.1 Å². The van der Waals surface area contributed by atoms with E-state index in [-0.39, 0.29) is 0 Å². The van der Waals surface area contributed by atoms with Crippen molar-refractivity contribution in [3.63, 3.8) is 0 Å². The molecule has 0 N–H and O–H groups in total. The topological polar surface area (TPSA) is 9.23 Å². The quantitative estimate of drug-likeness (QED) is 0.422. The van der Waals surface area contributed by atoms with E-state index in [9.17, 15) is 0 Å². The number of rotatable bonds is 6. The Morgan fingerprint density at radius 3 is 2.73 bits per heavy atom. The van der Waals surface area contributed by atoms with Crippen LogP contribution in [0.4, 0.5) is 0 Å². The molecule has 11 heavy (non-hydrogen) atoms. The Bertz CT molecular complexity index is 105. The van der Waals surface area contributed by atoms with Crippen molar-refractivity contribution in [2.45, 2.75) is 40.0 Å². The third-order valence-corrected chi connectivity index (χ3v) is 1.61. The van der Waals surface area contributed by atoms with E-state index in [0.29, 0.717) is 0 Å². The van der Waals surface area contributed by atoms with Gasteiger partial charge in [0.2, 0.25) is 0 Å². The second-order valence-electron chi connectivity index (χ2n) is 2.68. The number of hydrogen-bond donors (Lipinski definition) is 0. The van der Waals surface area contributed by atoms with Gasteiger partial charge in [0, 0.05) is 6.61 Å². The fourth-order valence-electron chi connectivity index (χ4n) is 0.780. The first kappa shape index (κ1) is 10.7. The first-order chi connectivity index (χ1) is 5.31. The smallest absolute Gasteiger partial charge is 0.0833 e. The highest BCUT2D eigenvalue weighted by Crippen LogP contribution is 2.03. The molecule has 0 atom stereocenters. The standard InChI is InChI=1S/C10H19O/c1-4-8-11-9-6-7-10(3)5-2/h5,8H,4,6-7,9H2,1-3H3/b10-5+. The second kappa shape index (κ2) is 7.80. The lowest BCUT2D eigenvalue weighted by molar-refractivity contribution is 0.191. The van der Waals surface area contributed by atoms with Gasteiger partial charge in [0.15, 0.2) is 0 Å². The second-order valence-corrected chi connectivity index (χ2v) is 2.68. The minimum Gasteiger partial charge on any atom is -0.376 e. The van der Waals surface area contributed by atoms with Crippen molar-refractivity contribution in [3.05, 3.63) is 18.3 Å². The van der Waals surface area contributed by atoms with Crippen LogP contribution >= 0.6 is 0 Å². The SMILES string of the molecule is C/C=C(\C)CCCO[CH]CC. The third kappa shape index (κ3) is 7.60. The van der Waals surface area contributed by atoms with Gasteiger partial charge in [-0.3, -0.25) is 0 Å². The molecule has 0 unspecified atom stereocenters. The molecule has 1 nitrogen and oxygen atoms in total. The van der Waals surface area contributed by atoms with Gasteiger partial charge >= 0.3 is 0 Å². The van der Waals surface area contributed by atoms with Gasteiger partial charge in [-0.25, -0.2) is 0 Å². The summed E-state index contributed by atoms with van der Waals surface area (Å²) in [5, 5.41) is 0. The van der Waals surface area contributed by atoms with E-state index in [1.807, 2.05) is 6.61 Å². The molecule has 0 aliphatic rings. The molecule has 0 aliphatic carbocycles. The highest BCUT2D eigenvalue weighted by Gasteiger charge is 1.89. The van der Waals surface area contributed by atoms with Crippen LogP contribution in [0.2, 0.25) is 0 Å². The van der Waals surface area contributed by atoms with Gasteiger partial charge in [0.25, 0.3) is 0 Å². The summed E-state index contributed by atoms with van der Waals surface area (Å²) in [7, 11) is 0. The zero-order valence-electron chi connectivity index (χ0n) is 7.89.